The molecule has 0 aromatic carbocycles. The Morgan fingerprint density at radius 3 is 1.44 bits per heavy atom. The standard InChI is InChI=1S/C14H18Si.2ClH.Hf/c1-11-7-5-9-13(11)15(3,4)14-10-6-8-12(14)2;;;/h7-8H,5-6H2,1-4H3;2*1H;/q-2;;;+4/p-2. The number of hydrogen-bond acceptors (Lipinski definition) is 0. The van der Waals surface area contributed by atoms with Gasteiger partial charge in [0.1, 0.15) is 0 Å². The summed E-state index contributed by atoms with van der Waals surface area (Å²) in [6.45, 7) is 9.28. The molecule has 0 aliphatic heterocycles. The molecule has 0 heterocycles. The van der Waals surface area contributed by atoms with Crippen molar-refractivity contribution in [3.63, 3.8) is 0 Å². The first-order chi connectivity index (χ1) is 7.03. The van der Waals surface area contributed by atoms with Crippen molar-refractivity contribution in [3.05, 3.63) is 45.8 Å². The number of allylic oxidation sites excluding steroid dienone is 8. The average molecular weight is 464 g/mol. The van der Waals surface area contributed by atoms with Crippen molar-refractivity contribution >= 4 is 8.07 Å². The van der Waals surface area contributed by atoms with Gasteiger partial charge in [0.2, 0.25) is 0 Å². The van der Waals surface area contributed by atoms with Crippen LogP contribution >= 0.6 is 0 Å². The molecule has 0 nitrogen and oxygen atoms in total. The number of rotatable bonds is 2. The summed E-state index contributed by atoms with van der Waals surface area (Å²) in [5.41, 5.74) is 2.89. The molecule has 2 aliphatic carbocycles. The molecule has 18 heavy (non-hydrogen) atoms. The van der Waals surface area contributed by atoms with E-state index in [9.17, 15) is 0 Å². The summed E-state index contributed by atoms with van der Waals surface area (Å²) in [6, 6.07) is 0. The quantitative estimate of drug-likeness (QED) is 0.326. The van der Waals surface area contributed by atoms with Crippen molar-refractivity contribution in [2.24, 2.45) is 0 Å². The molecule has 0 amide bonds. The maximum Gasteiger partial charge on any atom is 4.00 e. The van der Waals surface area contributed by atoms with Crippen LogP contribution in [0.3, 0.4) is 0 Å². The van der Waals surface area contributed by atoms with Gasteiger partial charge in [0.25, 0.3) is 0 Å². The zero-order chi connectivity index (χ0) is 11.1. The van der Waals surface area contributed by atoms with E-state index in [1.54, 1.807) is 0 Å². The minimum atomic E-state index is -1.49. The molecular weight excluding hydrogens is 446 g/mol. The summed E-state index contributed by atoms with van der Waals surface area (Å²) in [7, 11) is -1.49. The van der Waals surface area contributed by atoms with Gasteiger partial charge in [-0.3, -0.25) is 12.2 Å². The molecule has 2 rings (SSSR count). The van der Waals surface area contributed by atoms with E-state index in [-0.39, 0.29) is 50.7 Å². The number of hydrogen-bond donors (Lipinski definition) is 0. The summed E-state index contributed by atoms with van der Waals surface area (Å²) >= 11 is 0. The van der Waals surface area contributed by atoms with Crippen LogP contribution in [-0.4, -0.2) is 8.07 Å². The van der Waals surface area contributed by atoms with Gasteiger partial charge < -0.3 is 24.8 Å². The van der Waals surface area contributed by atoms with E-state index >= 15 is 0 Å². The van der Waals surface area contributed by atoms with Crippen LogP contribution in [0.15, 0.2) is 33.7 Å². The molecule has 96 valence electrons. The van der Waals surface area contributed by atoms with Crippen LogP contribution in [-0.2, 0) is 25.8 Å². The Bertz CT molecular complexity index is 380. The molecular formula is C14H18Cl2HfSi. The average Bonchev–Trinajstić information content (AvgIpc) is 2.73. The van der Waals surface area contributed by atoms with Gasteiger partial charge in [-0.2, -0.15) is 12.2 Å². The van der Waals surface area contributed by atoms with Crippen molar-refractivity contribution in [3.8, 4) is 0 Å². The maximum atomic E-state index is 3.54. The van der Waals surface area contributed by atoms with E-state index in [0.29, 0.717) is 0 Å². The van der Waals surface area contributed by atoms with Gasteiger partial charge in [0.05, 0.1) is 0 Å². The second-order valence-electron chi connectivity index (χ2n) is 4.91. The molecule has 0 bridgehead atoms. The van der Waals surface area contributed by atoms with Gasteiger partial charge in [-0.05, 0) is 0 Å². The van der Waals surface area contributed by atoms with Crippen LogP contribution in [0.4, 0.5) is 0 Å². The Hall–Kier alpha value is 0.627. The van der Waals surface area contributed by atoms with Crippen molar-refractivity contribution < 1.29 is 50.7 Å². The van der Waals surface area contributed by atoms with Gasteiger partial charge in [0, 0.05) is 8.07 Å². The fourth-order valence-corrected chi connectivity index (χ4v) is 6.16. The third-order valence-electron chi connectivity index (χ3n) is 3.41. The third kappa shape index (κ3) is 3.81. The molecule has 0 N–H and O–H groups in total. The fourth-order valence-electron chi connectivity index (χ4n) is 2.65. The SMILES string of the molecule is CC1=CC[C-]=C1[Si](C)(C)C1=[C-]CC=C1C.[Cl-].[Cl-].[Hf+4]. The molecule has 0 saturated heterocycles. The summed E-state index contributed by atoms with van der Waals surface area (Å²) in [5.74, 6) is 0. The van der Waals surface area contributed by atoms with Gasteiger partial charge >= 0.3 is 25.8 Å². The molecule has 0 fully saturated rings. The smallest absolute Gasteiger partial charge is 1.00 e. The van der Waals surface area contributed by atoms with E-state index in [1.807, 2.05) is 0 Å². The van der Waals surface area contributed by atoms with E-state index < -0.39 is 8.07 Å². The predicted octanol–water partition coefficient (Wildman–Crippen LogP) is -2.06. The first-order valence-electron chi connectivity index (χ1n) is 5.60. The molecule has 0 aromatic rings. The summed E-state index contributed by atoms with van der Waals surface area (Å²) in [6.07, 6.45) is 13.7. The Morgan fingerprint density at radius 1 is 0.889 bits per heavy atom. The van der Waals surface area contributed by atoms with Gasteiger partial charge in [0.15, 0.2) is 0 Å². The van der Waals surface area contributed by atoms with E-state index in [0.717, 1.165) is 12.8 Å². The van der Waals surface area contributed by atoms with Crippen LogP contribution < -0.4 is 24.8 Å². The topological polar surface area (TPSA) is 0 Å². The molecule has 0 unspecified atom stereocenters. The van der Waals surface area contributed by atoms with Crippen LogP contribution in [0.1, 0.15) is 26.7 Å². The Morgan fingerprint density at radius 2 is 1.22 bits per heavy atom. The summed E-state index contributed by atoms with van der Waals surface area (Å²) in [5, 5.41) is 3.00. The minimum Gasteiger partial charge on any atom is -1.00 e. The first kappa shape index (κ1) is 20.9. The Labute approximate surface area is 143 Å². The maximum absolute atomic E-state index is 3.54. The van der Waals surface area contributed by atoms with Crippen molar-refractivity contribution in [2.75, 3.05) is 0 Å². The Kier molecular flexibility index (Phi) is 9.35. The molecule has 0 radical (unpaired) electrons. The molecule has 0 aromatic heterocycles. The second-order valence-corrected chi connectivity index (χ2v) is 9.16. The predicted molar refractivity (Wildman–Crippen MR) is 67.7 cm³/mol. The van der Waals surface area contributed by atoms with Crippen LogP contribution in [0.5, 0.6) is 0 Å². The van der Waals surface area contributed by atoms with Gasteiger partial charge in [-0.15, -0.1) is 26.7 Å². The number of halogens is 2. The first-order valence-corrected chi connectivity index (χ1v) is 8.60. The van der Waals surface area contributed by atoms with Crippen molar-refractivity contribution in [1.29, 1.82) is 0 Å². The van der Waals surface area contributed by atoms with Crippen molar-refractivity contribution in [2.45, 2.75) is 39.8 Å². The molecule has 0 saturated carbocycles. The summed E-state index contributed by atoms with van der Waals surface area (Å²) in [4.78, 5) is 0. The van der Waals surface area contributed by atoms with Gasteiger partial charge in [-0.25, -0.2) is 21.5 Å². The van der Waals surface area contributed by atoms with Crippen LogP contribution in [0, 0.1) is 12.2 Å². The largest absolute Gasteiger partial charge is 4.00 e. The monoisotopic (exact) mass is 464 g/mol. The van der Waals surface area contributed by atoms with E-state index in [2.05, 4.69) is 51.2 Å². The zero-order valence-electron chi connectivity index (χ0n) is 11.3. The molecule has 0 spiro atoms. The fraction of sp³-hybridized carbons (Fsp3) is 0.429. The normalized spacial score (nSPS) is 17.6. The minimum absolute atomic E-state index is 0. The van der Waals surface area contributed by atoms with Crippen LogP contribution in [0.25, 0.3) is 0 Å². The zero-order valence-corrected chi connectivity index (χ0v) is 17.4. The Balaban J connectivity index is 0. The van der Waals surface area contributed by atoms with E-state index in [1.165, 1.54) is 21.5 Å². The van der Waals surface area contributed by atoms with Crippen molar-refractivity contribution in [1.82, 2.24) is 0 Å². The van der Waals surface area contributed by atoms with E-state index in [4.69, 9.17) is 0 Å². The van der Waals surface area contributed by atoms with Crippen LogP contribution in [0.2, 0.25) is 13.1 Å². The molecule has 0 atom stereocenters. The molecule has 2 aliphatic rings. The molecule has 4 heteroatoms. The second kappa shape index (κ2) is 8.03. The van der Waals surface area contributed by atoms with Gasteiger partial charge in [-0.1, -0.05) is 13.1 Å². The third-order valence-corrected chi connectivity index (χ3v) is 7.06. The summed E-state index contributed by atoms with van der Waals surface area (Å²) < 4.78 is 0.